The van der Waals surface area contributed by atoms with E-state index in [1.54, 1.807) is 0 Å². The first kappa shape index (κ1) is 13.7. The topological polar surface area (TPSA) is 0 Å². The van der Waals surface area contributed by atoms with Crippen molar-refractivity contribution in [2.75, 3.05) is 0 Å². The van der Waals surface area contributed by atoms with Gasteiger partial charge in [-0.15, -0.1) is 0 Å². The Bertz CT molecular complexity index is 167. The van der Waals surface area contributed by atoms with Crippen LogP contribution in [0, 0.1) is 11.3 Å². The Morgan fingerprint density at radius 2 is 1.86 bits per heavy atom. The van der Waals surface area contributed by atoms with E-state index in [0.717, 1.165) is 12.3 Å². The zero-order valence-corrected chi connectivity index (χ0v) is 10.8. The predicted octanol–water partition coefficient (Wildman–Crippen LogP) is 5.20. The van der Waals surface area contributed by atoms with Crippen LogP contribution >= 0.6 is 0 Å². The monoisotopic (exact) mass is 196 g/mol. The summed E-state index contributed by atoms with van der Waals surface area (Å²) in [6.45, 7) is 15.7. The molecule has 0 fully saturated rings. The van der Waals surface area contributed by atoms with E-state index < -0.39 is 0 Å². The summed E-state index contributed by atoms with van der Waals surface area (Å²) in [4.78, 5) is 0. The molecule has 1 unspecified atom stereocenters. The maximum Gasteiger partial charge on any atom is -0.0269 e. The molecular weight excluding hydrogens is 168 g/mol. The SMILES string of the molecule is C=C(CC)CC(C)(CCC)CC(C)C. The molecule has 0 aliphatic rings. The molecular formula is C14H28. The molecule has 0 N–H and O–H groups in total. The highest BCUT2D eigenvalue weighted by molar-refractivity contribution is 4.98. The Hall–Kier alpha value is -0.260. The molecule has 0 spiro atoms. The fourth-order valence-electron chi connectivity index (χ4n) is 2.58. The number of hydrogen-bond acceptors (Lipinski definition) is 0. The first-order chi connectivity index (χ1) is 6.43. The first-order valence-corrected chi connectivity index (χ1v) is 6.10. The van der Waals surface area contributed by atoms with Crippen LogP contribution in [0.2, 0.25) is 0 Å². The predicted molar refractivity (Wildman–Crippen MR) is 66.5 cm³/mol. The van der Waals surface area contributed by atoms with Crippen molar-refractivity contribution in [3.63, 3.8) is 0 Å². The number of allylic oxidation sites excluding steroid dienone is 1. The van der Waals surface area contributed by atoms with E-state index in [4.69, 9.17) is 0 Å². The highest BCUT2D eigenvalue weighted by Crippen LogP contribution is 2.37. The largest absolute Gasteiger partial charge is 0.0999 e. The van der Waals surface area contributed by atoms with E-state index in [9.17, 15) is 0 Å². The summed E-state index contributed by atoms with van der Waals surface area (Å²) in [6.07, 6.45) is 6.32. The lowest BCUT2D eigenvalue weighted by molar-refractivity contribution is 0.230. The standard InChI is InChI=1S/C14H28/c1-7-9-14(6,10-12(3)4)11-13(5)8-2/h12H,5,7-11H2,1-4,6H3. The van der Waals surface area contributed by atoms with Crippen LogP contribution in [0.1, 0.15) is 66.7 Å². The first-order valence-electron chi connectivity index (χ1n) is 6.10. The van der Waals surface area contributed by atoms with E-state index in [-0.39, 0.29) is 0 Å². The lowest BCUT2D eigenvalue weighted by Gasteiger charge is -2.32. The minimum absolute atomic E-state index is 0.496. The molecule has 0 saturated heterocycles. The zero-order chi connectivity index (χ0) is 11.2. The average molecular weight is 196 g/mol. The highest BCUT2D eigenvalue weighted by Gasteiger charge is 2.24. The number of hydrogen-bond donors (Lipinski definition) is 0. The van der Waals surface area contributed by atoms with E-state index >= 15 is 0 Å². The maximum atomic E-state index is 4.15. The molecule has 0 heterocycles. The molecule has 14 heavy (non-hydrogen) atoms. The molecule has 84 valence electrons. The summed E-state index contributed by atoms with van der Waals surface area (Å²) in [6, 6.07) is 0. The van der Waals surface area contributed by atoms with E-state index in [2.05, 4.69) is 41.2 Å². The summed E-state index contributed by atoms with van der Waals surface area (Å²) in [7, 11) is 0. The van der Waals surface area contributed by atoms with Gasteiger partial charge < -0.3 is 0 Å². The molecule has 0 aliphatic carbocycles. The maximum absolute atomic E-state index is 4.15. The molecule has 0 aromatic heterocycles. The average Bonchev–Trinajstić information content (AvgIpc) is 2.02. The summed E-state index contributed by atoms with van der Waals surface area (Å²) in [5, 5.41) is 0. The van der Waals surface area contributed by atoms with E-state index in [0.29, 0.717) is 5.41 Å². The molecule has 0 aromatic rings. The third kappa shape index (κ3) is 5.47. The van der Waals surface area contributed by atoms with E-state index in [1.165, 1.54) is 31.3 Å². The van der Waals surface area contributed by atoms with Gasteiger partial charge in [0.15, 0.2) is 0 Å². The Labute approximate surface area is 90.8 Å². The van der Waals surface area contributed by atoms with Gasteiger partial charge in [-0.3, -0.25) is 0 Å². The molecule has 0 amide bonds. The summed E-state index contributed by atoms with van der Waals surface area (Å²) in [5.74, 6) is 0.802. The van der Waals surface area contributed by atoms with Gasteiger partial charge in [0.25, 0.3) is 0 Å². The van der Waals surface area contributed by atoms with Crippen LogP contribution in [-0.4, -0.2) is 0 Å². The van der Waals surface area contributed by atoms with Crippen LogP contribution in [-0.2, 0) is 0 Å². The minimum atomic E-state index is 0.496. The van der Waals surface area contributed by atoms with Gasteiger partial charge in [0.2, 0.25) is 0 Å². The van der Waals surface area contributed by atoms with Crippen molar-refractivity contribution in [1.82, 2.24) is 0 Å². The third-order valence-electron chi connectivity index (χ3n) is 2.93. The van der Waals surface area contributed by atoms with Gasteiger partial charge >= 0.3 is 0 Å². The quantitative estimate of drug-likeness (QED) is 0.491. The van der Waals surface area contributed by atoms with Crippen LogP contribution in [0.25, 0.3) is 0 Å². The van der Waals surface area contributed by atoms with Crippen molar-refractivity contribution in [1.29, 1.82) is 0 Å². The second-order valence-corrected chi connectivity index (χ2v) is 5.44. The van der Waals surface area contributed by atoms with Gasteiger partial charge in [-0.05, 0) is 37.0 Å². The van der Waals surface area contributed by atoms with Crippen molar-refractivity contribution in [2.24, 2.45) is 11.3 Å². The van der Waals surface area contributed by atoms with Gasteiger partial charge in [0.1, 0.15) is 0 Å². The second kappa shape index (κ2) is 6.27. The van der Waals surface area contributed by atoms with Gasteiger partial charge in [-0.25, -0.2) is 0 Å². The molecule has 0 aromatic carbocycles. The Kier molecular flexibility index (Phi) is 6.15. The highest BCUT2D eigenvalue weighted by atomic mass is 14.3. The molecule has 1 atom stereocenters. The Morgan fingerprint density at radius 3 is 2.21 bits per heavy atom. The summed E-state index contributed by atoms with van der Waals surface area (Å²) >= 11 is 0. The molecule has 0 rings (SSSR count). The van der Waals surface area contributed by atoms with Crippen LogP contribution in [0.3, 0.4) is 0 Å². The van der Waals surface area contributed by atoms with E-state index in [1.807, 2.05) is 0 Å². The molecule has 0 heteroatoms. The zero-order valence-electron chi connectivity index (χ0n) is 10.8. The fraction of sp³-hybridized carbons (Fsp3) is 0.857. The second-order valence-electron chi connectivity index (χ2n) is 5.44. The lowest BCUT2D eigenvalue weighted by atomic mass is 9.74. The third-order valence-corrected chi connectivity index (χ3v) is 2.93. The smallest absolute Gasteiger partial charge is 0.0269 e. The lowest BCUT2D eigenvalue weighted by Crippen LogP contribution is -2.19. The van der Waals surface area contributed by atoms with Crippen molar-refractivity contribution in [3.8, 4) is 0 Å². The minimum Gasteiger partial charge on any atom is -0.0999 e. The van der Waals surface area contributed by atoms with Crippen LogP contribution in [0.4, 0.5) is 0 Å². The molecule has 0 saturated carbocycles. The Morgan fingerprint density at radius 1 is 1.29 bits per heavy atom. The molecule has 0 bridgehead atoms. The van der Waals surface area contributed by atoms with Gasteiger partial charge in [-0.1, -0.05) is 53.2 Å². The molecule has 0 radical (unpaired) electrons. The number of rotatable bonds is 7. The summed E-state index contributed by atoms with van der Waals surface area (Å²) in [5.41, 5.74) is 1.91. The van der Waals surface area contributed by atoms with Crippen molar-refractivity contribution in [2.45, 2.75) is 66.7 Å². The summed E-state index contributed by atoms with van der Waals surface area (Å²) < 4.78 is 0. The molecule has 0 aliphatic heterocycles. The fourth-order valence-corrected chi connectivity index (χ4v) is 2.58. The van der Waals surface area contributed by atoms with Gasteiger partial charge in [-0.2, -0.15) is 0 Å². The normalized spacial score (nSPS) is 15.6. The Balaban J connectivity index is 4.29. The van der Waals surface area contributed by atoms with Crippen LogP contribution < -0.4 is 0 Å². The van der Waals surface area contributed by atoms with Crippen molar-refractivity contribution < 1.29 is 0 Å². The van der Waals surface area contributed by atoms with Crippen molar-refractivity contribution in [3.05, 3.63) is 12.2 Å². The molecule has 0 nitrogen and oxygen atoms in total. The van der Waals surface area contributed by atoms with Crippen LogP contribution in [0.15, 0.2) is 12.2 Å². The van der Waals surface area contributed by atoms with Crippen LogP contribution in [0.5, 0.6) is 0 Å². The van der Waals surface area contributed by atoms with Crippen molar-refractivity contribution >= 4 is 0 Å². The van der Waals surface area contributed by atoms with Gasteiger partial charge in [0.05, 0.1) is 0 Å². The van der Waals surface area contributed by atoms with Gasteiger partial charge in [0, 0.05) is 0 Å².